The zero-order valence-corrected chi connectivity index (χ0v) is 15.4. The molecule has 2 unspecified atom stereocenters. The summed E-state index contributed by atoms with van der Waals surface area (Å²) in [5, 5.41) is 10.8. The van der Waals surface area contributed by atoms with Gasteiger partial charge in [-0.3, -0.25) is 0 Å². The number of hydrogen-bond donors (Lipinski definition) is 2. The summed E-state index contributed by atoms with van der Waals surface area (Å²) in [5.41, 5.74) is 0.333. The molecule has 2 N–H and O–H groups in total. The maximum absolute atomic E-state index is 12.5. The third-order valence-corrected chi connectivity index (χ3v) is 6.17. The molecular weight excluding hydrogens is 362 g/mol. The maximum atomic E-state index is 12.5. The Morgan fingerprint density at radius 2 is 1.81 bits per heavy atom. The van der Waals surface area contributed by atoms with E-state index in [-0.39, 0.29) is 6.54 Å². The van der Waals surface area contributed by atoms with Gasteiger partial charge in [-0.15, -0.1) is 0 Å². The molecule has 0 saturated carbocycles. The van der Waals surface area contributed by atoms with Gasteiger partial charge in [0, 0.05) is 0 Å². The Balaban J connectivity index is 2.23. The number of carboxylic acid groups (broad SMARTS) is 1. The minimum atomic E-state index is -3.88. The van der Waals surface area contributed by atoms with Crippen LogP contribution in [0.1, 0.15) is 32.4 Å². The molecule has 0 radical (unpaired) electrons. The molecule has 9 nitrogen and oxygen atoms in total. The molecule has 1 saturated heterocycles. The molecule has 1 aliphatic heterocycles. The van der Waals surface area contributed by atoms with Crippen LogP contribution in [0.4, 0.5) is 9.59 Å². The molecule has 0 bridgehead atoms. The van der Waals surface area contributed by atoms with Crippen LogP contribution in [0.25, 0.3) is 0 Å². The number of hydrogen-bond acceptors (Lipinski definition) is 5. The Kier molecular flexibility index (Phi) is 5.55. The fourth-order valence-corrected chi connectivity index (χ4v) is 3.83. The van der Waals surface area contributed by atoms with E-state index in [2.05, 4.69) is 5.32 Å². The lowest BCUT2D eigenvalue weighted by atomic mass is 10.1. The highest BCUT2D eigenvalue weighted by atomic mass is 32.2. The van der Waals surface area contributed by atoms with Gasteiger partial charge in [0.25, 0.3) is 0 Å². The van der Waals surface area contributed by atoms with Crippen LogP contribution in [0.5, 0.6) is 0 Å². The molecule has 2 rings (SSSR count). The molecule has 0 spiro atoms. The number of carbonyl (C=O) groups excluding carboxylic acids is 2. The van der Waals surface area contributed by atoms with Crippen LogP contribution >= 0.6 is 0 Å². The Morgan fingerprint density at radius 3 is 2.31 bits per heavy atom. The number of benzene rings is 1. The van der Waals surface area contributed by atoms with Crippen molar-refractivity contribution in [2.24, 2.45) is 0 Å². The van der Waals surface area contributed by atoms with Gasteiger partial charge in [-0.05, 0) is 26.3 Å². The topological polar surface area (TPSA) is 124 Å². The van der Waals surface area contributed by atoms with Crippen LogP contribution in [0.2, 0.25) is 0 Å². The first-order valence-corrected chi connectivity index (χ1v) is 9.50. The van der Waals surface area contributed by atoms with E-state index in [0.29, 0.717) is 9.87 Å². The Labute approximate surface area is 151 Å². The SMILES string of the molecule is CC1CN(S(=O)(=O)C(C)C)C(=O)N1C(=O)NC(C(=O)O)c1ccccc1. The third kappa shape index (κ3) is 3.64. The molecule has 1 aliphatic rings. The van der Waals surface area contributed by atoms with Gasteiger partial charge in [-0.25, -0.2) is 32.0 Å². The number of sulfonamides is 1. The summed E-state index contributed by atoms with van der Waals surface area (Å²) in [6.07, 6.45) is 0. The van der Waals surface area contributed by atoms with Crippen molar-refractivity contribution >= 4 is 28.1 Å². The second kappa shape index (κ2) is 7.32. The van der Waals surface area contributed by atoms with Crippen molar-refractivity contribution in [1.82, 2.24) is 14.5 Å². The smallest absolute Gasteiger partial charge is 0.342 e. The number of carbonyl (C=O) groups is 3. The number of rotatable bonds is 5. The standard InChI is InChI=1S/C16H21N3O6S/c1-10(2)26(24,25)18-9-11(3)19(16(18)23)15(22)17-13(14(20)21)12-7-5-4-6-8-12/h4-8,10-11,13H,9H2,1-3H3,(H,17,22)(H,20,21). The lowest BCUT2D eigenvalue weighted by Crippen LogP contribution is -2.48. The van der Waals surface area contributed by atoms with Crippen molar-refractivity contribution in [3.63, 3.8) is 0 Å². The van der Waals surface area contributed by atoms with E-state index < -0.39 is 45.4 Å². The molecule has 10 heteroatoms. The molecule has 1 heterocycles. The molecule has 0 aromatic heterocycles. The van der Waals surface area contributed by atoms with E-state index in [0.717, 1.165) is 4.90 Å². The van der Waals surface area contributed by atoms with Crippen LogP contribution in [-0.2, 0) is 14.8 Å². The summed E-state index contributed by atoms with van der Waals surface area (Å²) in [7, 11) is -3.88. The summed E-state index contributed by atoms with van der Waals surface area (Å²) in [5.74, 6) is -1.30. The number of carboxylic acids is 1. The van der Waals surface area contributed by atoms with Gasteiger partial charge in [-0.2, -0.15) is 0 Å². The van der Waals surface area contributed by atoms with Gasteiger partial charge in [-0.1, -0.05) is 30.3 Å². The summed E-state index contributed by atoms with van der Waals surface area (Å²) >= 11 is 0. The van der Waals surface area contributed by atoms with E-state index in [1.807, 2.05) is 0 Å². The predicted octanol–water partition coefficient (Wildman–Crippen LogP) is 1.39. The molecular formula is C16H21N3O6S. The quantitative estimate of drug-likeness (QED) is 0.792. The first kappa shape index (κ1) is 19.7. The highest BCUT2D eigenvalue weighted by Crippen LogP contribution is 2.23. The van der Waals surface area contributed by atoms with Crippen molar-refractivity contribution in [1.29, 1.82) is 0 Å². The number of imide groups is 1. The van der Waals surface area contributed by atoms with Crippen LogP contribution in [-0.4, -0.2) is 58.6 Å². The zero-order chi connectivity index (χ0) is 19.6. The van der Waals surface area contributed by atoms with Gasteiger partial charge in [0.1, 0.15) is 0 Å². The van der Waals surface area contributed by atoms with Crippen molar-refractivity contribution in [2.75, 3.05) is 6.54 Å². The molecule has 0 aliphatic carbocycles. The Bertz CT molecular complexity index is 809. The third-order valence-electron chi connectivity index (χ3n) is 4.06. The molecule has 4 amide bonds. The van der Waals surface area contributed by atoms with Crippen LogP contribution < -0.4 is 5.32 Å². The summed E-state index contributed by atoms with van der Waals surface area (Å²) in [6.45, 7) is 4.22. The molecule has 1 fully saturated rings. The van der Waals surface area contributed by atoms with Gasteiger partial charge in [0.15, 0.2) is 6.04 Å². The monoisotopic (exact) mass is 383 g/mol. The van der Waals surface area contributed by atoms with E-state index in [1.165, 1.54) is 32.9 Å². The van der Waals surface area contributed by atoms with Gasteiger partial charge in [0.2, 0.25) is 10.0 Å². The average molecular weight is 383 g/mol. The van der Waals surface area contributed by atoms with Crippen molar-refractivity contribution in [3.8, 4) is 0 Å². The fraction of sp³-hybridized carbons (Fsp3) is 0.438. The van der Waals surface area contributed by atoms with Crippen LogP contribution in [0.15, 0.2) is 30.3 Å². The average Bonchev–Trinajstić information content (AvgIpc) is 2.88. The summed E-state index contributed by atoms with van der Waals surface area (Å²) in [6, 6.07) is 3.98. The largest absolute Gasteiger partial charge is 0.479 e. The normalized spacial score (nSPS) is 18.9. The van der Waals surface area contributed by atoms with Gasteiger partial charge < -0.3 is 10.4 Å². The molecule has 2 atom stereocenters. The Morgan fingerprint density at radius 1 is 1.23 bits per heavy atom. The number of urea groups is 2. The molecule has 26 heavy (non-hydrogen) atoms. The second-order valence-corrected chi connectivity index (χ2v) is 8.67. The highest BCUT2D eigenvalue weighted by Gasteiger charge is 2.46. The lowest BCUT2D eigenvalue weighted by molar-refractivity contribution is -0.139. The minimum absolute atomic E-state index is 0.171. The first-order chi connectivity index (χ1) is 12.1. The first-order valence-electron chi connectivity index (χ1n) is 8.00. The number of amides is 4. The maximum Gasteiger partial charge on any atom is 0.342 e. The fourth-order valence-electron chi connectivity index (χ4n) is 2.59. The number of aliphatic carboxylic acids is 1. The van der Waals surface area contributed by atoms with Gasteiger partial charge in [0.05, 0.1) is 17.8 Å². The number of nitrogens with zero attached hydrogens (tertiary/aromatic N) is 2. The molecule has 1 aromatic carbocycles. The predicted molar refractivity (Wildman–Crippen MR) is 92.8 cm³/mol. The van der Waals surface area contributed by atoms with Crippen LogP contribution in [0, 0.1) is 0 Å². The second-order valence-electron chi connectivity index (χ2n) is 6.26. The molecule has 1 aromatic rings. The van der Waals surface area contributed by atoms with Crippen molar-refractivity contribution < 1.29 is 27.9 Å². The lowest BCUT2D eigenvalue weighted by Gasteiger charge is -2.22. The molecule has 142 valence electrons. The van der Waals surface area contributed by atoms with E-state index in [1.54, 1.807) is 18.2 Å². The van der Waals surface area contributed by atoms with Crippen molar-refractivity contribution in [2.45, 2.75) is 38.1 Å². The van der Waals surface area contributed by atoms with E-state index in [4.69, 9.17) is 0 Å². The van der Waals surface area contributed by atoms with E-state index in [9.17, 15) is 27.9 Å². The van der Waals surface area contributed by atoms with Crippen molar-refractivity contribution in [3.05, 3.63) is 35.9 Å². The zero-order valence-electron chi connectivity index (χ0n) is 14.6. The van der Waals surface area contributed by atoms with Gasteiger partial charge >= 0.3 is 18.0 Å². The number of nitrogens with one attached hydrogen (secondary N) is 1. The Hall–Kier alpha value is -2.62. The van der Waals surface area contributed by atoms with E-state index >= 15 is 0 Å². The highest BCUT2D eigenvalue weighted by molar-refractivity contribution is 7.90. The summed E-state index contributed by atoms with van der Waals surface area (Å²) < 4.78 is 25.2. The van der Waals surface area contributed by atoms with Crippen LogP contribution in [0.3, 0.4) is 0 Å². The summed E-state index contributed by atoms with van der Waals surface area (Å²) in [4.78, 5) is 37.2. The minimum Gasteiger partial charge on any atom is -0.479 e.